The summed E-state index contributed by atoms with van der Waals surface area (Å²) < 4.78 is 13.3. The molecule has 10 nitrogen and oxygen atoms in total. The number of amides is 2. The van der Waals surface area contributed by atoms with Gasteiger partial charge in [0.05, 0.1) is 17.6 Å². The third-order valence-corrected chi connectivity index (χ3v) is 7.86. The van der Waals surface area contributed by atoms with Gasteiger partial charge in [-0.15, -0.1) is 0 Å². The number of hydrogen-bond acceptors (Lipinski definition) is 7. The van der Waals surface area contributed by atoms with Crippen molar-refractivity contribution in [1.82, 2.24) is 14.4 Å². The number of hydrogen-bond donors (Lipinski definition) is 4. The zero-order chi connectivity index (χ0) is 28.8. The van der Waals surface area contributed by atoms with Crippen molar-refractivity contribution in [3.63, 3.8) is 0 Å². The van der Waals surface area contributed by atoms with E-state index in [1.807, 2.05) is 49.5 Å². The summed E-state index contributed by atoms with van der Waals surface area (Å²) >= 11 is 0. The van der Waals surface area contributed by atoms with Crippen LogP contribution in [0.5, 0.6) is 11.5 Å². The Balaban J connectivity index is 1.25. The van der Waals surface area contributed by atoms with Gasteiger partial charge < -0.3 is 31.6 Å². The molecule has 1 atom stereocenters. The summed E-state index contributed by atoms with van der Waals surface area (Å²) in [7, 11) is 0. The lowest BCUT2D eigenvalue weighted by molar-refractivity contribution is 0.171. The van der Waals surface area contributed by atoms with Crippen molar-refractivity contribution < 1.29 is 14.3 Å². The first-order valence-corrected chi connectivity index (χ1v) is 14.0. The smallest absolute Gasteiger partial charge is 0.323 e. The number of ether oxygens (including phenoxy) is 2. The highest BCUT2D eigenvalue weighted by atomic mass is 16.6. The van der Waals surface area contributed by atoms with E-state index in [2.05, 4.69) is 26.1 Å². The fourth-order valence-corrected chi connectivity index (χ4v) is 5.83. The number of nitrogens with one attached hydrogen (secondary N) is 2. The Morgan fingerprint density at radius 2 is 1.83 bits per heavy atom. The molecule has 10 heteroatoms. The van der Waals surface area contributed by atoms with Gasteiger partial charge in [0.15, 0.2) is 11.5 Å². The first-order chi connectivity index (χ1) is 20.5. The second kappa shape index (κ2) is 10.4. The van der Waals surface area contributed by atoms with Gasteiger partial charge in [0, 0.05) is 28.7 Å². The number of rotatable bonds is 4. The molecule has 1 unspecified atom stereocenters. The minimum atomic E-state index is -0.369. The fourth-order valence-electron chi connectivity index (χ4n) is 5.83. The SMILES string of the molecule is Cc1nc(-c2ccc(NC(=O)Nc3ccc4c(c3)OCCO4)c3ccccc23)c2c(N)ncc(C3=CCC(N)CC3)n12. The molecule has 2 aliphatic rings. The predicted octanol–water partition coefficient (Wildman–Crippen LogP) is 5.75. The van der Waals surface area contributed by atoms with Crippen molar-refractivity contribution in [2.24, 2.45) is 5.73 Å². The van der Waals surface area contributed by atoms with Crippen LogP contribution >= 0.6 is 0 Å². The summed E-state index contributed by atoms with van der Waals surface area (Å²) in [6.45, 7) is 2.96. The number of fused-ring (bicyclic) bond motifs is 3. The normalized spacial score (nSPS) is 16.3. The maximum atomic E-state index is 13.0. The van der Waals surface area contributed by atoms with Gasteiger partial charge in [0.1, 0.15) is 36.1 Å². The first-order valence-electron chi connectivity index (χ1n) is 14.0. The van der Waals surface area contributed by atoms with Crippen LogP contribution in [-0.4, -0.2) is 39.7 Å². The third-order valence-electron chi connectivity index (χ3n) is 7.86. The van der Waals surface area contributed by atoms with Gasteiger partial charge in [0.25, 0.3) is 0 Å². The van der Waals surface area contributed by atoms with Crippen molar-refractivity contribution >= 4 is 45.1 Å². The Hall–Kier alpha value is -5.09. The highest BCUT2D eigenvalue weighted by Gasteiger charge is 2.22. The zero-order valence-corrected chi connectivity index (χ0v) is 23.2. The minimum Gasteiger partial charge on any atom is -0.486 e. The molecule has 0 radical (unpaired) electrons. The average molecular weight is 562 g/mol. The van der Waals surface area contributed by atoms with Crippen LogP contribution in [0.4, 0.5) is 22.0 Å². The molecule has 3 aromatic carbocycles. The topological polar surface area (TPSA) is 142 Å². The average Bonchev–Trinajstić information content (AvgIpc) is 3.35. The molecule has 3 heterocycles. The molecule has 0 bridgehead atoms. The number of carbonyl (C=O) groups is 1. The summed E-state index contributed by atoms with van der Waals surface area (Å²) in [6.07, 6.45) is 6.68. The third kappa shape index (κ3) is 4.55. The minimum absolute atomic E-state index is 0.188. The van der Waals surface area contributed by atoms with Gasteiger partial charge in [-0.25, -0.2) is 14.8 Å². The first kappa shape index (κ1) is 25.8. The number of carbonyl (C=O) groups excluding carboxylic acids is 1. The molecule has 0 fully saturated rings. The van der Waals surface area contributed by atoms with E-state index in [-0.39, 0.29) is 12.1 Å². The van der Waals surface area contributed by atoms with Crippen LogP contribution in [0.3, 0.4) is 0 Å². The van der Waals surface area contributed by atoms with Gasteiger partial charge >= 0.3 is 6.03 Å². The van der Waals surface area contributed by atoms with Crippen LogP contribution in [0.2, 0.25) is 0 Å². The molecule has 5 aromatic rings. The lowest BCUT2D eigenvalue weighted by atomic mass is 9.94. The number of aryl methyl sites for hydroxylation is 1. The molecular formula is C32H31N7O3. The largest absolute Gasteiger partial charge is 0.486 e. The van der Waals surface area contributed by atoms with Crippen LogP contribution < -0.4 is 31.6 Å². The van der Waals surface area contributed by atoms with Crippen LogP contribution in [-0.2, 0) is 0 Å². The van der Waals surface area contributed by atoms with E-state index < -0.39 is 0 Å². The Bertz CT molecular complexity index is 1900. The number of aromatic nitrogens is 3. The van der Waals surface area contributed by atoms with Gasteiger partial charge in [0.2, 0.25) is 0 Å². The Labute approximate surface area is 242 Å². The molecule has 212 valence electrons. The summed E-state index contributed by atoms with van der Waals surface area (Å²) in [4.78, 5) is 22.6. The number of anilines is 3. The van der Waals surface area contributed by atoms with Crippen molar-refractivity contribution in [2.75, 3.05) is 29.6 Å². The lowest BCUT2D eigenvalue weighted by Gasteiger charge is -2.20. The number of benzene rings is 3. The maximum absolute atomic E-state index is 13.0. The van der Waals surface area contributed by atoms with Crippen LogP contribution in [0, 0.1) is 6.92 Å². The molecule has 0 saturated heterocycles. The van der Waals surface area contributed by atoms with Gasteiger partial charge in [-0.1, -0.05) is 36.4 Å². The molecule has 2 amide bonds. The molecule has 1 aliphatic heterocycles. The van der Waals surface area contributed by atoms with Crippen LogP contribution in [0.15, 0.2) is 66.9 Å². The summed E-state index contributed by atoms with van der Waals surface area (Å²) in [5.74, 6) is 2.51. The standard InChI is InChI=1S/C32H31N7O3/c1-18-36-29(30-31(34)35-17-26(39(18)30)19-6-8-20(33)9-7-19)24-11-12-25(23-5-3-2-4-22(23)24)38-32(40)37-21-10-13-27-28(16-21)42-15-14-41-27/h2-6,10-13,16-17,20H,7-9,14-15,33H2,1H3,(H2,34,35)(H2,37,38,40). The molecule has 6 N–H and O–H groups in total. The van der Waals surface area contributed by atoms with Gasteiger partial charge in [-0.05, 0) is 55.3 Å². The molecule has 1 aliphatic carbocycles. The van der Waals surface area contributed by atoms with E-state index in [1.165, 1.54) is 5.57 Å². The predicted molar refractivity (Wildman–Crippen MR) is 165 cm³/mol. The number of allylic oxidation sites excluding steroid dienone is 1. The fraction of sp³-hybridized carbons (Fsp3) is 0.219. The monoisotopic (exact) mass is 561 g/mol. The van der Waals surface area contributed by atoms with Crippen molar-refractivity contribution in [3.8, 4) is 22.8 Å². The number of nitrogens with zero attached hydrogens (tertiary/aromatic N) is 3. The van der Waals surface area contributed by atoms with E-state index in [9.17, 15) is 4.79 Å². The van der Waals surface area contributed by atoms with Crippen molar-refractivity contribution in [2.45, 2.75) is 32.2 Å². The van der Waals surface area contributed by atoms with Crippen molar-refractivity contribution in [3.05, 3.63) is 78.4 Å². The Kier molecular flexibility index (Phi) is 6.39. The van der Waals surface area contributed by atoms with E-state index in [4.69, 9.17) is 25.9 Å². The molecule has 7 rings (SSSR count). The van der Waals surface area contributed by atoms with E-state index in [0.29, 0.717) is 41.9 Å². The van der Waals surface area contributed by atoms with Gasteiger partial charge in [-0.3, -0.25) is 4.40 Å². The second-order valence-corrected chi connectivity index (χ2v) is 10.6. The molecule has 2 aromatic heterocycles. The lowest BCUT2D eigenvalue weighted by Crippen LogP contribution is -2.21. The van der Waals surface area contributed by atoms with Crippen LogP contribution in [0.25, 0.3) is 33.1 Å². The molecular weight excluding hydrogens is 530 g/mol. The Morgan fingerprint density at radius 1 is 1.02 bits per heavy atom. The molecule has 0 saturated carbocycles. The summed E-state index contributed by atoms with van der Waals surface area (Å²) in [5, 5.41) is 7.69. The zero-order valence-electron chi connectivity index (χ0n) is 23.2. The number of nitrogens with two attached hydrogens (primary N) is 2. The van der Waals surface area contributed by atoms with Crippen LogP contribution in [0.1, 0.15) is 30.8 Å². The molecule has 0 spiro atoms. The number of urea groups is 1. The number of imidazole rings is 1. The number of nitrogen functional groups attached to an aromatic ring is 1. The summed E-state index contributed by atoms with van der Waals surface area (Å²) in [6, 6.07) is 16.9. The quantitative estimate of drug-likeness (QED) is 0.219. The second-order valence-electron chi connectivity index (χ2n) is 10.6. The van der Waals surface area contributed by atoms with Crippen molar-refractivity contribution in [1.29, 1.82) is 0 Å². The van der Waals surface area contributed by atoms with Gasteiger partial charge in [-0.2, -0.15) is 0 Å². The Morgan fingerprint density at radius 3 is 2.64 bits per heavy atom. The maximum Gasteiger partial charge on any atom is 0.323 e. The summed E-state index contributed by atoms with van der Waals surface area (Å²) in [5.41, 5.74) is 18.5. The highest BCUT2D eigenvalue weighted by Crippen LogP contribution is 2.38. The van der Waals surface area contributed by atoms with E-state index >= 15 is 0 Å². The highest BCUT2D eigenvalue weighted by molar-refractivity contribution is 6.11. The van der Waals surface area contributed by atoms with E-state index in [0.717, 1.165) is 58.3 Å². The van der Waals surface area contributed by atoms with E-state index in [1.54, 1.807) is 18.2 Å². The molecule has 42 heavy (non-hydrogen) atoms.